The molecule has 0 aliphatic carbocycles. The summed E-state index contributed by atoms with van der Waals surface area (Å²) in [6.07, 6.45) is -72.5. The molecule has 0 radical (unpaired) electrons. The minimum Gasteiger partial charge on any atom is -0.394 e. The van der Waals surface area contributed by atoms with E-state index in [2.05, 4.69) is 0 Å². The molecule has 1 unspecified atom stereocenters. The smallest absolute Gasteiger partial charge is 0.187 e. The zero-order valence-corrected chi connectivity index (χ0v) is 40.8. The first-order valence-electron chi connectivity index (χ1n) is 24.7. The molecule has 0 bridgehead atoms. The van der Waals surface area contributed by atoms with E-state index < -0.39 is 261 Å². The van der Waals surface area contributed by atoms with Crippen molar-refractivity contribution in [3.05, 3.63) is 0 Å². The van der Waals surface area contributed by atoms with Crippen molar-refractivity contribution in [2.24, 2.45) is 0 Å². The lowest BCUT2D eigenvalue weighted by Crippen LogP contribution is -2.69. The number of rotatable bonds is 19. The van der Waals surface area contributed by atoms with E-state index >= 15 is 0 Å². The number of hydrogen-bond acceptors (Lipinski definition) is 36. The Labute approximate surface area is 439 Å². The number of hydrogen-bond donors (Lipinski definition) is 23. The van der Waals surface area contributed by atoms with Gasteiger partial charge in [-0.05, 0) is 0 Å². The van der Waals surface area contributed by atoms with Crippen LogP contribution in [0.5, 0.6) is 0 Å². The zero-order valence-electron chi connectivity index (χ0n) is 40.8. The van der Waals surface area contributed by atoms with Crippen LogP contribution in [0.1, 0.15) is 0 Å². The molecular formula is C42H72O36. The molecule has 7 aliphatic heterocycles. The molecule has 35 atom stereocenters. The summed E-state index contributed by atoms with van der Waals surface area (Å²) in [5, 5.41) is 246. The molecule has 36 nitrogen and oxygen atoms in total. The van der Waals surface area contributed by atoms with Crippen molar-refractivity contribution in [3.8, 4) is 0 Å². The summed E-state index contributed by atoms with van der Waals surface area (Å²) in [4.78, 5) is 0. The second kappa shape index (κ2) is 27.5. The summed E-state index contributed by atoms with van der Waals surface area (Å²) < 4.78 is 74.3. The Morgan fingerprint density at radius 2 is 0.372 bits per heavy atom. The third-order valence-corrected chi connectivity index (χ3v) is 14.6. The molecule has 7 aliphatic rings. The SMILES string of the molecule is OC[C@H]1O[C@@H](O[C@@H]2[C@H](O[C@@H]3[C@H](O[C@@H]4[C@H](O[C@@H]5[C@H](O[C@@H]6[C@H](O[C@@H]7C(O)O[C@H](CO)[C@@H](O)[C@@H]7O)O[C@H](CO)[C@@H](O)[C@@H]6O)O[C@H](CO)[C@@H](O)[C@@H]5O)O[C@H](CO)[C@@H](O)[C@@H]4O)O[C@H](CO)[C@@H](O)[C@@H]3O)O[C@H](CO)[C@@H](O)[C@@H]2O)[C@@H](O)[C@@H](O)[C@@H]1O. The topological polar surface area (TPSA) is 585 Å². The molecular weight excluding hydrogens is 1080 g/mol. The van der Waals surface area contributed by atoms with Crippen molar-refractivity contribution in [1.82, 2.24) is 0 Å². The van der Waals surface area contributed by atoms with Crippen LogP contribution >= 0.6 is 0 Å². The van der Waals surface area contributed by atoms with Crippen LogP contribution in [0.15, 0.2) is 0 Å². The highest BCUT2D eigenvalue weighted by molar-refractivity contribution is 5.01. The van der Waals surface area contributed by atoms with Crippen molar-refractivity contribution in [2.75, 3.05) is 46.2 Å². The van der Waals surface area contributed by atoms with E-state index in [-0.39, 0.29) is 0 Å². The quantitative estimate of drug-likeness (QED) is 0.0571. The van der Waals surface area contributed by atoms with Crippen LogP contribution in [0.2, 0.25) is 0 Å². The summed E-state index contributed by atoms with van der Waals surface area (Å²) >= 11 is 0. The van der Waals surface area contributed by atoms with Gasteiger partial charge in [0.1, 0.15) is 171 Å². The maximum Gasteiger partial charge on any atom is 0.187 e. The third kappa shape index (κ3) is 12.9. The minimum absolute atomic E-state index is 0.890. The van der Waals surface area contributed by atoms with Crippen LogP contribution in [0, 0.1) is 0 Å². The predicted octanol–water partition coefficient (Wildman–Crippen LogP) is -16.3. The van der Waals surface area contributed by atoms with Crippen LogP contribution < -0.4 is 0 Å². The first-order valence-corrected chi connectivity index (χ1v) is 24.7. The van der Waals surface area contributed by atoms with Crippen LogP contribution in [0.25, 0.3) is 0 Å². The van der Waals surface area contributed by atoms with Crippen LogP contribution in [0.4, 0.5) is 0 Å². The lowest BCUT2D eigenvalue weighted by molar-refractivity contribution is -0.420. The minimum atomic E-state index is -2.34. The fourth-order valence-corrected chi connectivity index (χ4v) is 9.88. The molecule has 0 aromatic heterocycles. The molecule has 0 aromatic rings. The molecule has 0 amide bonds. The molecule has 78 heavy (non-hydrogen) atoms. The van der Waals surface area contributed by atoms with Gasteiger partial charge in [-0.1, -0.05) is 0 Å². The second-order valence-corrected chi connectivity index (χ2v) is 19.6. The summed E-state index contributed by atoms with van der Waals surface area (Å²) in [6.45, 7) is -7.18. The van der Waals surface area contributed by atoms with Gasteiger partial charge in [-0.25, -0.2) is 0 Å². The number of ether oxygens (including phenoxy) is 13. The summed E-state index contributed by atoms with van der Waals surface area (Å²) in [5.41, 5.74) is 0. The van der Waals surface area contributed by atoms with Crippen molar-refractivity contribution >= 4 is 0 Å². The Balaban J connectivity index is 1.20. The van der Waals surface area contributed by atoms with Gasteiger partial charge in [0, 0.05) is 0 Å². The van der Waals surface area contributed by atoms with Gasteiger partial charge >= 0.3 is 0 Å². The highest BCUT2D eigenvalue weighted by atomic mass is 16.8. The van der Waals surface area contributed by atoms with Crippen molar-refractivity contribution in [1.29, 1.82) is 0 Å². The zero-order chi connectivity index (χ0) is 57.3. The van der Waals surface area contributed by atoms with Crippen molar-refractivity contribution in [2.45, 2.75) is 215 Å². The van der Waals surface area contributed by atoms with E-state index in [4.69, 9.17) is 61.6 Å². The van der Waals surface area contributed by atoms with Gasteiger partial charge in [0.25, 0.3) is 0 Å². The molecule has 36 heteroatoms. The molecule has 23 N–H and O–H groups in total. The maximum absolute atomic E-state index is 11.7. The fraction of sp³-hybridized carbons (Fsp3) is 1.00. The van der Waals surface area contributed by atoms with Gasteiger partial charge < -0.3 is 179 Å². The first kappa shape index (κ1) is 64.1. The fourth-order valence-electron chi connectivity index (χ4n) is 9.88. The Hall–Kier alpha value is -1.44. The monoisotopic (exact) mass is 1150 g/mol. The van der Waals surface area contributed by atoms with E-state index in [1.807, 2.05) is 0 Å². The van der Waals surface area contributed by atoms with Gasteiger partial charge in [-0.2, -0.15) is 0 Å². The standard InChI is InChI=1S/C42H72O36/c43-1-8-16(51)23(58)30(36(65)66-8)73-38-32(25(60)18(53)10(3-45)68-38)75-40-34(27(62)20(55)12(5-47)70-40)77-42-35(28(63)21(56)14(7-49)72-42)78-41-33(26(61)19(54)13(6-48)71-41)76-39-31(24(59)17(52)11(4-46)69-39)74-37-29(64)22(57)15(50)9(2-44)67-37/h8-65H,1-7H2/t8-,9-,10-,11-,12-,13-,14-,15-,16-,17-,18-,19-,20-,21-,22+,23+,24+,25+,26+,27+,28+,29+,30+,31+,32+,33+,34+,35+,36?,37+,38+,39+,40+,41+,42+/m1/s1. The highest BCUT2D eigenvalue weighted by Gasteiger charge is 2.59. The van der Waals surface area contributed by atoms with Crippen LogP contribution in [-0.2, 0) is 61.6 Å². The summed E-state index contributed by atoms with van der Waals surface area (Å²) in [7, 11) is 0. The average molecular weight is 1150 g/mol. The Bertz CT molecular complexity index is 1820. The van der Waals surface area contributed by atoms with E-state index in [0.717, 1.165) is 0 Å². The molecule has 7 rings (SSSR count). The third-order valence-electron chi connectivity index (χ3n) is 14.6. The predicted molar refractivity (Wildman–Crippen MR) is 232 cm³/mol. The molecule has 0 saturated carbocycles. The highest BCUT2D eigenvalue weighted by Crippen LogP contribution is 2.39. The Morgan fingerprint density at radius 1 is 0.192 bits per heavy atom. The van der Waals surface area contributed by atoms with E-state index in [9.17, 15) is 117 Å². The van der Waals surface area contributed by atoms with Gasteiger partial charge in [-0.3, -0.25) is 0 Å². The molecule has 456 valence electrons. The van der Waals surface area contributed by atoms with E-state index in [0.29, 0.717) is 0 Å². The second-order valence-electron chi connectivity index (χ2n) is 19.6. The van der Waals surface area contributed by atoms with E-state index in [1.54, 1.807) is 0 Å². The first-order chi connectivity index (χ1) is 37.0. The lowest BCUT2D eigenvalue weighted by atomic mass is 9.95. The molecule has 7 fully saturated rings. The average Bonchev–Trinajstić information content (AvgIpc) is 3.43. The molecule has 7 heterocycles. The van der Waals surface area contributed by atoms with Gasteiger partial charge in [0.05, 0.1) is 46.2 Å². The van der Waals surface area contributed by atoms with E-state index in [1.165, 1.54) is 0 Å². The Morgan fingerprint density at radius 3 is 0.615 bits per heavy atom. The van der Waals surface area contributed by atoms with Crippen LogP contribution in [-0.4, -0.2) is 379 Å². The summed E-state index contributed by atoms with van der Waals surface area (Å²) in [5.74, 6) is 0. The molecule has 7 saturated heterocycles. The van der Waals surface area contributed by atoms with Crippen molar-refractivity contribution in [3.63, 3.8) is 0 Å². The van der Waals surface area contributed by atoms with Gasteiger partial charge in [-0.15, -0.1) is 0 Å². The van der Waals surface area contributed by atoms with Crippen molar-refractivity contribution < 1.29 is 179 Å². The van der Waals surface area contributed by atoms with Crippen LogP contribution in [0.3, 0.4) is 0 Å². The molecule has 0 aromatic carbocycles. The van der Waals surface area contributed by atoms with Gasteiger partial charge in [0.2, 0.25) is 0 Å². The van der Waals surface area contributed by atoms with Gasteiger partial charge in [0.15, 0.2) is 44.0 Å². The summed E-state index contributed by atoms with van der Waals surface area (Å²) in [6, 6.07) is 0. The lowest BCUT2D eigenvalue weighted by Gasteiger charge is -2.51. The largest absolute Gasteiger partial charge is 0.394 e. The normalized spacial score (nSPS) is 53.5. The maximum atomic E-state index is 11.7. The number of aliphatic hydroxyl groups is 23. The number of aliphatic hydroxyl groups excluding tert-OH is 23. The Kier molecular flexibility index (Phi) is 22.6. The molecule has 0 spiro atoms.